The molecule has 0 saturated carbocycles. The lowest BCUT2D eigenvalue weighted by Gasteiger charge is -2.29. The third-order valence-electron chi connectivity index (χ3n) is 7.30. The van der Waals surface area contributed by atoms with E-state index in [9.17, 15) is 9.18 Å². The van der Waals surface area contributed by atoms with E-state index in [0.717, 1.165) is 33.2 Å². The first-order chi connectivity index (χ1) is 21.6. The van der Waals surface area contributed by atoms with Crippen LogP contribution in [0.4, 0.5) is 27.4 Å². The zero-order valence-corrected chi connectivity index (χ0v) is 24.4. The van der Waals surface area contributed by atoms with Gasteiger partial charge in [-0.15, -0.1) is 11.3 Å². The van der Waals surface area contributed by atoms with E-state index in [1.165, 1.54) is 23.5 Å². The van der Waals surface area contributed by atoms with Gasteiger partial charge in [0.1, 0.15) is 11.5 Å². The number of morpholine rings is 1. The van der Waals surface area contributed by atoms with Crippen LogP contribution in [0.15, 0.2) is 96.6 Å². The number of aromatic nitrogens is 4. The number of ether oxygens (including phenoxy) is 1. The van der Waals surface area contributed by atoms with Crippen molar-refractivity contribution in [2.75, 3.05) is 41.8 Å². The molecule has 0 radical (unpaired) electrons. The van der Waals surface area contributed by atoms with Crippen LogP contribution >= 0.6 is 11.3 Å². The first kappa shape index (κ1) is 27.7. The second-order valence-corrected chi connectivity index (χ2v) is 11.2. The van der Waals surface area contributed by atoms with E-state index in [1.54, 1.807) is 6.20 Å². The lowest BCUT2D eigenvalue weighted by atomic mass is 10.1. The molecular formula is C33H28FN7O2S. The first-order valence-electron chi connectivity index (χ1n) is 14.2. The number of benzene rings is 3. The van der Waals surface area contributed by atoms with Gasteiger partial charge in [0.2, 0.25) is 11.9 Å². The molecule has 1 fully saturated rings. The van der Waals surface area contributed by atoms with Crippen LogP contribution < -0.4 is 15.5 Å². The summed E-state index contributed by atoms with van der Waals surface area (Å²) in [5.41, 5.74) is 5.94. The number of nitrogens with zero attached hydrogens (tertiary/aromatic N) is 5. The Morgan fingerprint density at radius 2 is 1.82 bits per heavy atom. The zero-order chi connectivity index (χ0) is 29.9. The molecule has 1 amide bonds. The molecule has 0 atom stereocenters. The normalized spacial score (nSPS) is 13.2. The summed E-state index contributed by atoms with van der Waals surface area (Å²) in [5.74, 6) is -0.111. The van der Waals surface area contributed by atoms with E-state index >= 15 is 0 Å². The van der Waals surface area contributed by atoms with Crippen LogP contribution in [0, 0.1) is 5.82 Å². The molecule has 220 valence electrons. The molecule has 44 heavy (non-hydrogen) atoms. The standard InChI is InChI=1S/C33H28FN7O2S/c34-24-19-26(21-27(20-24)40-11-14-43-15-12-40)37-32-35-10-9-28(38-32)31-30(39-33-41(31)13-16-44-33)23-7-4-8-25(18-23)36-29(42)17-22-5-2-1-3-6-22/h1-10,13,16,18-21H,11-12,14-15,17H2,(H,36,42)(H,35,37,38). The number of halogens is 1. The summed E-state index contributed by atoms with van der Waals surface area (Å²) in [6.07, 6.45) is 3.91. The lowest BCUT2D eigenvalue weighted by molar-refractivity contribution is -0.115. The molecule has 4 heterocycles. The molecular weight excluding hydrogens is 577 g/mol. The Morgan fingerprint density at radius 1 is 0.955 bits per heavy atom. The number of hydrogen-bond acceptors (Lipinski definition) is 8. The van der Waals surface area contributed by atoms with Crippen LogP contribution in [0.1, 0.15) is 5.56 Å². The van der Waals surface area contributed by atoms with Crippen LogP contribution in [0.5, 0.6) is 0 Å². The van der Waals surface area contributed by atoms with Gasteiger partial charge in [-0.1, -0.05) is 42.5 Å². The van der Waals surface area contributed by atoms with Gasteiger partial charge in [0.25, 0.3) is 0 Å². The number of imidazole rings is 1. The largest absolute Gasteiger partial charge is 0.378 e. The van der Waals surface area contributed by atoms with Gasteiger partial charge in [0, 0.05) is 53.5 Å². The summed E-state index contributed by atoms with van der Waals surface area (Å²) < 4.78 is 22.0. The molecule has 1 saturated heterocycles. The minimum atomic E-state index is -0.346. The number of carbonyl (C=O) groups excluding carboxylic acids is 1. The highest BCUT2D eigenvalue weighted by atomic mass is 32.1. The van der Waals surface area contributed by atoms with Gasteiger partial charge in [0.15, 0.2) is 4.96 Å². The van der Waals surface area contributed by atoms with Crippen LogP contribution in [0.3, 0.4) is 0 Å². The summed E-state index contributed by atoms with van der Waals surface area (Å²) in [6, 6.07) is 23.9. The van der Waals surface area contributed by atoms with Crippen molar-refractivity contribution in [1.29, 1.82) is 0 Å². The summed E-state index contributed by atoms with van der Waals surface area (Å²) in [7, 11) is 0. The Bertz CT molecular complexity index is 1940. The Hall–Kier alpha value is -5.13. The highest BCUT2D eigenvalue weighted by molar-refractivity contribution is 7.15. The topological polar surface area (TPSA) is 96.7 Å². The minimum absolute atomic E-state index is 0.0972. The van der Waals surface area contributed by atoms with Crippen LogP contribution in [-0.2, 0) is 16.0 Å². The van der Waals surface area contributed by atoms with Crippen molar-refractivity contribution < 1.29 is 13.9 Å². The third-order valence-corrected chi connectivity index (χ3v) is 8.06. The third kappa shape index (κ3) is 6.01. The van der Waals surface area contributed by atoms with Crippen LogP contribution in [0.2, 0.25) is 0 Å². The predicted octanol–water partition coefficient (Wildman–Crippen LogP) is 6.42. The van der Waals surface area contributed by atoms with Crippen LogP contribution in [-0.4, -0.2) is 51.6 Å². The quantitative estimate of drug-likeness (QED) is 0.207. The average molecular weight is 606 g/mol. The van der Waals surface area contributed by atoms with E-state index < -0.39 is 0 Å². The first-order valence-corrected chi connectivity index (χ1v) is 15.1. The second kappa shape index (κ2) is 12.2. The molecule has 0 aliphatic carbocycles. The van der Waals surface area contributed by atoms with Crippen molar-refractivity contribution in [2.24, 2.45) is 0 Å². The zero-order valence-electron chi connectivity index (χ0n) is 23.6. The van der Waals surface area contributed by atoms with E-state index in [4.69, 9.17) is 14.7 Å². The number of fused-ring (bicyclic) bond motifs is 1. The van der Waals surface area contributed by atoms with Gasteiger partial charge >= 0.3 is 0 Å². The molecule has 1 aliphatic heterocycles. The van der Waals surface area contributed by atoms with Crippen molar-refractivity contribution in [3.8, 4) is 22.6 Å². The fourth-order valence-corrected chi connectivity index (χ4v) is 6.01. The Balaban J connectivity index is 1.18. The van der Waals surface area contributed by atoms with E-state index in [1.807, 2.05) is 82.7 Å². The number of thiazole rings is 1. The number of nitrogens with one attached hydrogen (secondary N) is 2. The molecule has 7 rings (SSSR count). The maximum absolute atomic E-state index is 14.6. The molecule has 11 heteroatoms. The van der Waals surface area contributed by atoms with Crippen LogP contribution in [0.25, 0.3) is 27.6 Å². The Kier molecular flexibility index (Phi) is 7.70. The van der Waals surface area contributed by atoms with E-state index in [2.05, 4.69) is 20.5 Å². The van der Waals surface area contributed by atoms with Gasteiger partial charge in [-0.2, -0.15) is 0 Å². The fraction of sp³-hybridized carbons (Fsp3) is 0.152. The Labute approximate surface area is 257 Å². The van der Waals surface area contributed by atoms with Gasteiger partial charge in [-0.05, 0) is 42.0 Å². The maximum atomic E-state index is 14.6. The van der Waals surface area contributed by atoms with Gasteiger partial charge in [-0.25, -0.2) is 19.3 Å². The molecule has 0 unspecified atom stereocenters. The average Bonchev–Trinajstić information content (AvgIpc) is 3.64. The van der Waals surface area contributed by atoms with Crippen molar-refractivity contribution in [2.45, 2.75) is 6.42 Å². The van der Waals surface area contributed by atoms with Gasteiger partial charge in [-0.3, -0.25) is 9.20 Å². The highest BCUT2D eigenvalue weighted by Gasteiger charge is 2.20. The molecule has 2 N–H and O–H groups in total. The summed E-state index contributed by atoms with van der Waals surface area (Å²) >= 11 is 1.52. The number of amides is 1. The van der Waals surface area contributed by atoms with E-state index in [0.29, 0.717) is 49.3 Å². The SMILES string of the molecule is O=C(Cc1ccccc1)Nc1cccc(-c2nc3sccn3c2-c2ccnc(Nc3cc(F)cc(N4CCOCC4)c3)n2)c1. The number of carbonyl (C=O) groups is 1. The molecule has 6 aromatic rings. The molecule has 0 bridgehead atoms. The van der Waals surface area contributed by atoms with Crippen molar-refractivity contribution in [3.05, 3.63) is 108 Å². The number of hydrogen-bond donors (Lipinski definition) is 2. The summed E-state index contributed by atoms with van der Waals surface area (Å²) in [4.78, 5) is 29.8. The maximum Gasteiger partial charge on any atom is 0.228 e. The van der Waals surface area contributed by atoms with Gasteiger partial charge in [0.05, 0.1) is 31.0 Å². The molecule has 9 nitrogen and oxygen atoms in total. The smallest absolute Gasteiger partial charge is 0.228 e. The predicted molar refractivity (Wildman–Crippen MR) is 171 cm³/mol. The Morgan fingerprint density at radius 3 is 2.68 bits per heavy atom. The van der Waals surface area contributed by atoms with Gasteiger partial charge < -0.3 is 20.3 Å². The monoisotopic (exact) mass is 605 g/mol. The number of rotatable bonds is 8. The molecule has 3 aromatic heterocycles. The lowest BCUT2D eigenvalue weighted by Crippen LogP contribution is -2.36. The molecule has 3 aromatic carbocycles. The summed E-state index contributed by atoms with van der Waals surface area (Å²) in [6.45, 7) is 2.62. The second-order valence-electron chi connectivity index (χ2n) is 10.3. The number of anilines is 4. The highest BCUT2D eigenvalue weighted by Crippen LogP contribution is 2.35. The summed E-state index contributed by atoms with van der Waals surface area (Å²) in [5, 5.41) is 8.16. The van der Waals surface area contributed by atoms with E-state index in [-0.39, 0.29) is 18.1 Å². The molecule has 1 aliphatic rings. The molecule has 0 spiro atoms. The van der Waals surface area contributed by atoms with Crippen molar-refractivity contribution >= 4 is 45.2 Å². The van der Waals surface area contributed by atoms with Crippen molar-refractivity contribution in [1.82, 2.24) is 19.4 Å². The minimum Gasteiger partial charge on any atom is -0.378 e. The fourth-order valence-electron chi connectivity index (χ4n) is 5.29. The van der Waals surface area contributed by atoms with Crippen molar-refractivity contribution in [3.63, 3.8) is 0 Å².